The van der Waals surface area contributed by atoms with Crippen LogP contribution in [0, 0.1) is 0 Å². The summed E-state index contributed by atoms with van der Waals surface area (Å²) >= 11 is 0. The third kappa shape index (κ3) is 7.89. The van der Waals surface area contributed by atoms with Crippen molar-refractivity contribution in [3.63, 3.8) is 0 Å². The van der Waals surface area contributed by atoms with Crippen molar-refractivity contribution in [2.24, 2.45) is 4.99 Å². The van der Waals surface area contributed by atoms with E-state index in [0.717, 1.165) is 57.8 Å². The Morgan fingerprint density at radius 3 is 2.70 bits per heavy atom. The number of aliphatic imine (C=N–C) groups is 1. The molecule has 0 spiro atoms. The number of benzene rings is 1. The van der Waals surface area contributed by atoms with E-state index in [1.165, 1.54) is 43.6 Å². The van der Waals surface area contributed by atoms with Crippen molar-refractivity contribution in [2.45, 2.75) is 52.1 Å². The van der Waals surface area contributed by atoms with E-state index in [2.05, 4.69) is 58.5 Å². The summed E-state index contributed by atoms with van der Waals surface area (Å²) in [4.78, 5) is 9.91. The molecule has 2 heterocycles. The summed E-state index contributed by atoms with van der Waals surface area (Å²) in [5.41, 5.74) is 2.56. The SMILES string of the molecule is CCNC(=NCc1ccccc1N1CCOCC1)NCCCN1CCCCC1C.I. The zero-order valence-corrected chi connectivity index (χ0v) is 21.1. The lowest BCUT2D eigenvalue weighted by atomic mass is 10.0. The average Bonchev–Trinajstić information content (AvgIpc) is 2.77. The average molecular weight is 530 g/mol. The molecule has 0 bridgehead atoms. The van der Waals surface area contributed by atoms with Crippen LogP contribution in [0.1, 0.15) is 45.1 Å². The molecule has 0 aliphatic carbocycles. The number of halogens is 1. The monoisotopic (exact) mass is 529 g/mol. The number of hydrogen-bond donors (Lipinski definition) is 2. The fourth-order valence-electron chi connectivity index (χ4n) is 4.24. The first-order chi connectivity index (χ1) is 14.3. The summed E-state index contributed by atoms with van der Waals surface area (Å²) in [5, 5.41) is 6.91. The lowest BCUT2D eigenvalue weighted by Gasteiger charge is -2.33. The molecule has 1 atom stereocenters. The van der Waals surface area contributed by atoms with Gasteiger partial charge in [0.1, 0.15) is 0 Å². The Hall–Kier alpha value is -1.06. The summed E-state index contributed by atoms with van der Waals surface area (Å²) < 4.78 is 5.50. The molecule has 7 heteroatoms. The van der Waals surface area contributed by atoms with Gasteiger partial charge in [0.2, 0.25) is 0 Å². The minimum Gasteiger partial charge on any atom is -0.378 e. The van der Waals surface area contributed by atoms with Crippen molar-refractivity contribution >= 4 is 35.6 Å². The van der Waals surface area contributed by atoms with Crippen LogP contribution in [0.5, 0.6) is 0 Å². The first-order valence-corrected chi connectivity index (χ1v) is 11.4. The van der Waals surface area contributed by atoms with E-state index in [1.807, 2.05) is 0 Å². The van der Waals surface area contributed by atoms with E-state index in [4.69, 9.17) is 9.73 Å². The highest BCUT2D eigenvalue weighted by Gasteiger charge is 2.17. The number of ether oxygens (including phenoxy) is 1. The van der Waals surface area contributed by atoms with Crippen molar-refractivity contribution in [1.29, 1.82) is 0 Å². The second kappa shape index (κ2) is 14.1. The lowest BCUT2D eigenvalue weighted by Crippen LogP contribution is -2.41. The van der Waals surface area contributed by atoms with Crippen LogP contribution in [0.15, 0.2) is 29.3 Å². The van der Waals surface area contributed by atoms with E-state index in [0.29, 0.717) is 6.54 Å². The molecule has 2 saturated heterocycles. The Labute approximate surface area is 199 Å². The van der Waals surface area contributed by atoms with Crippen molar-refractivity contribution in [3.8, 4) is 0 Å². The zero-order chi connectivity index (χ0) is 20.3. The van der Waals surface area contributed by atoms with Crippen LogP contribution in [0.4, 0.5) is 5.69 Å². The smallest absolute Gasteiger partial charge is 0.191 e. The van der Waals surface area contributed by atoms with Crippen molar-refractivity contribution in [3.05, 3.63) is 29.8 Å². The van der Waals surface area contributed by atoms with Gasteiger partial charge < -0.3 is 25.2 Å². The highest BCUT2D eigenvalue weighted by atomic mass is 127. The topological polar surface area (TPSA) is 52.1 Å². The molecule has 6 nitrogen and oxygen atoms in total. The highest BCUT2D eigenvalue weighted by molar-refractivity contribution is 14.0. The second-order valence-corrected chi connectivity index (χ2v) is 8.08. The Kier molecular flexibility index (Phi) is 11.8. The molecule has 2 fully saturated rings. The fourth-order valence-corrected chi connectivity index (χ4v) is 4.24. The van der Waals surface area contributed by atoms with Crippen LogP contribution in [0.2, 0.25) is 0 Å². The van der Waals surface area contributed by atoms with E-state index < -0.39 is 0 Å². The predicted molar refractivity (Wildman–Crippen MR) is 137 cm³/mol. The molecular weight excluding hydrogens is 489 g/mol. The molecule has 2 aliphatic rings. The molecule has 0 amide bonds. The zero-order valence-electron chi connectivity index (χ0n) is 18.7. The number of rotatable bonds is 8. The van der Waals surface area contributed by atoms with E-state index >= 15 is 0 Å². The number of guanidine groups is 1. The maximum atomic E-state index is 5.50. The van der Waals surface area contributed by atoms with Crippen molar-refractivity contribution in [1.82, 2.24) is 15.5 Å². The van der Waals surface area contributed by atoms with E-state index in [-0.39, 0.29) is 24.0 Å². The van der Waals surface area contributed by atoms with Gasteiger partial charge in [0.25, 0.3) is 0 Å². The normalized spacial score (nSPS) is 20.5. The first kappa shape index (κ1) is 25.2. The quantitative estimate of drug-likeness (QED) is 0.234. The summed E-state index contributed by atoms with van der Waals surface area (Å²) in [5.74, 6) is 0.913. The molecule has 1 aromatic rings. The number of hydrogen-bond acceptors (Lipinski definition) is 4. The van der Waals surface area contributed by atoms with Gasteiger partial charge in [-0.3, -0.25) is 0 Å². The summed E-state index contributed by atoms with van der Waals surface area (Å²) in [6.45, 7) is 12.9. The van der Waals surface area contributed by atoms with Gasteiger partial charge >= 0.3 is 0 Å². The van der Waals surface area contributed by atoms with E-state index in [9.17, 15) is 0 Å². The molecule has 3 rings (SSSR count). The Bertz CT molecular complexity index is 636. The lowest BCUT2D eigenvalue weighted by molar-refractivity contribution is 0.122. The van der Waals surface area contributed by atoms with Gasteiger partial charge in [-0.25, -0.2) is 4.99 Å². The molecule has 2 aliphatic heterocycles. The number of nitrogens with zero attached hydrogens (tertiary/aromatic N) is 3. The molecule has 2 N–H and O–H groups in total. The molecule has 1 aromatic carbocycles. The summed E-state index contributed by atoms with van der Waals surface area (Å²) in [6, 6.07) is 9.35. The maximum Gasteiger partial charge on any atom is 0.191 e. The molecule has 30 heavy (non-hydrogen) atoms. The molecule has 0 saturated carbocycles. The van der Waals surface area contributed by atoms with E-state index in [1.54, 1.807) is 0 Å². The Morgan fingerprint density at radius 1 is 1.13 bits per heavy atom. The van der Waals surface area contributed by atoms with Crippen LogP contribution < -0.4 is 15.5 Å². The van der Waals surface area contributed by atoms with Crippen LogP contribution >= 0.6 is 24.0 Å². The van der Waals surface area contributed by atoms with Gasteiger partial charge in [0.15, 0.2) is 5.96 Å². The van der Waals surface area contributed by atoms with Gasteiger partial charge in [0.05, 0.1) is 19.8 Å². The van der Waals surface area contributed by atoms with Crippen molar-refractivity contribution in [2.75, 3.05) is 57.4 Å². The van der Waals surface area contributed by atoms with Crippen LogP contribution in [-0.2, 0) is 11.3 Å². The molecule has 1 unspecified atom stereocenters. The van der Waals surface area contributed by atoms with Gasteiger partial charge in [-0.1, -0.05) is 24.6 Å². The Morgan fingerprint density at radius 2 is 1.93 bits per heavy atom. The highest BCUT2D eigenvalue weighted by Crippen LogP contribution is 2.22. The second-order valence-electron chi connectivity index (χ2n) is 8.08. The maximum absolute atomic E-state index is 5.50. The largest absolute Gasteiger partial charge is 0.378 e. The number of piperidine rings is 1. The number of morpholine rings is 1. The number of anilines is 1. The third-order valence-corrected chi connectivity index (χ3v) is 5.95. The molecule has 0 radical (unpaired) electrons. The minimum atomic E-state index is 0. The summed E-state index contributed by atoms with van der Waals surface area (Å²) in [7, 11) is 0. The van der Waals surface area contributed by atoms with Gasteiger partial charge in [-0.15, -0.1) is 24.0 Å². The number of para-hydroxylation sites is 1. The minimum absolute atomic E-state index is 0. The molecular formula is C23H40IN5O. The van der Waals surface area contributed by atoms with Gasteiger partial charge in [-0.2, -0.15) is 0 Å². The van der Waals surface area contributed by atoms with Gasteiger partial charge in [0, 0.05) is 44.5 Å². The number of likely N-dealkylation sites (tertiary alicyclic amines) is 1. The van der Waals surface area contributed by atoms with Gasteiger partial charge in [-0.05, 0) is 51.3 Å². The third-order valence-electron chi connectivity index (χ3n) is 5.95. The predicted octanol–water partition coefficient (Wildman–Crippen LogP) is 3.46. The van der Waals surface area contributed by atoms with Crippen LogP contribution in [0.3, 0.4) is 0 Å². The van der Waals surface area contributed by atoms with Crippen LogP contribution in [-0.4, -0.2) is 69.4 Å². The fraction of sp³-hybridized carbons (Fsp3) is 0.696. The molecule has 170 valence electrons. The first-order valence-electron chi connectivity index (χ1n) is 11.4. The summed E-state index contributed by atoms with van der Waals surface area (Å²) in [6.07, 6.45) is 5.24. The van der Waals surface area contributed by atoms with Crippen molar-refractivity contribution < 1.29 is 4.74 Å². The molecule has 0 aromatic heterocycles. The van der Waals surface area contributed by atoms with Crippen LogP contribution in [0.25, 0.3) is 0 Å². The Balaban J connectivity index is 0.00000320. The number of nitrogens with one attached hydrogen (secondary N) is 2. The standard InChI is InChI=1S/C23H39N5O.HI/c1-3-24-23(25-12-8-14-27-13-7-6-9-20(27)2)26-19-21-10-4-5-11-22(21)28-15-17-29-18-16-28;/h4-5,10-11,20H,3,6-9,12-19H2,1-2H3,(H2,24,25,26);1H.